The highest BCUT2D eigenvalue weighted by molar-refractivity contribution is 5.78. The number of amides is 1. The van der Waals surface area contributed by atoms with Crippen LogP contribution in [-0.4, -0.2) is 76.3 Å². The first kappa shape index (κ1) is 22.3. The molecular weight excluding hydrogens is 406 g/mol. The van der Waals surface area contributed by atoms with Crippen LogP contribution in [0.1, 0.15) is 17.5 Å². The summed E-state index contributed by atoms with van der Waals surface area (Å²) in [4.78, 5) is 19.7. The van der Waals surface area contributed by atoms with Gasteiger partial charge in [-0.05, 0) is 60.4 Å². The molecule has 0 N–H and O–H groups in total. The number of rotatable bonds is 6. The average Bonchev–Trinajstić information content (AvgIpc) is 3.08. The maximum absolute atomic E-state index is 13.1. The minimum absolute atomic E-state index is 0.198. The van der Waals surface area contributed by atoms with E-state index in [1.807, 2.05) is 29.2 Å². The largest absolute Gasteiger partial charge is 0.497 e. The van der Waals surface area contributed by atoms with Gasteiger partial charge in [0.15, 0.2) is 11.5 Å². The molecule has 2 aliphatic heterocycles. The summed E-state index contributed by atoms with van der Waals surface area (Å²) in [6.07, 6.45) is 1.88. The minimum Gasteiger partial charge on any atom is -0.497 e. The summed E-state index contributed by atoms with van der Waals surface area (Å²) < 4.78 is 16.1. The van der Waals surface area contributed by atoms with Crippen LogP contribution in [0.4, 0.5) is 5.69 Å². The van der Waals surface area contributed by atoms with E-state index >= 15 is 0 Å². The number of nitrogens with zero attached hydrogens (tertiary/aromatic N) is 3. The van der Waals surface area contributed by atoms with E-state index in [4.69, 9.17) is 14.2 Å². The molecule has 2 aromatic rings. The van der Waals surface area contributed by atoms with Gasteiger partial charge in [0.05, 0.1) is 27.9 Å². The average molecular weight is 440 g/mol. The quantitative estimate of drug-likeness (QED) is 0.690. The number of hydrogen-bond donors (Lipinski definition) is 0. The second-order valence-corrected chi connectivity index (χ2v) is 8.36. The van der Waals surface area contributed by atoms with Crippen LogP contribution in [0.3, 0.4) is 0 Å². The molecule has 0 bridgehead atoms. The fourth-order valence-corrected chi connectivity index (χ4v) is 4.57. The molecule has 7 heteroatoms. The molecule has 172 valence electrons. The maximum Gasteiger partial charge on any atom is 0.237 e. The standard InChI is InChI=1S/C25H33N3O4/c1-30-22-7-5-21(6-8-22)27-11-4-10-26(13-14-27)18-25(29)28-12-9-19-15-23(31-2)24(32-3)16-20(19)17-28/h5-8,15-16H,4,9-14,17-18H2,1-3H3. The predicted molar refractivity (Wildman–Crippen MR) is 125 cm³/mol. The van der Waals surface area contributed by atoms with Crippen molar-refractivity contribution < 1.29 is 19.0 Å². The van der Waals surface area contributed by atoms with Crippen molar-refractivity contribution in [2.24, 2.45) is 0 Å². The topological polar surface area (TPSA) is 54.5 Å². The molecule has 0 aliphatic carbocycles. The van der Waals surface area contributed by atoms with Crippen molar-refractivity contribution in [3.05, 3.63) is 47.5 Å². The second-order valence-electron chi connectivity index (χ2n) is 8.36. The van der Waals surface area contributed by atoms with E-state index in [0.29, 0.717) is 18.8 Å². The van der Waals surface area contributed by atoms with Gasteiger partial charge < -0.3 is 24.0 Å². The van der Waals surface area contributed by atoms with Crippen LogP contribution in [0, 0.1) is 0 Å². The second kappa shape index (κ2) is 10.1. The van der Waals surface area contributed by atoms with Gasteiger partial charge in [-0.25, -0.2) is 0 Å². The Balaban J connectivity index is 1.34. The Labute approximate surface area is 190 Å². The molecule has 32 heavy (non-hydrogen) atoms. The molecule has 7 nitrogen and oxygen atoms in total. The molecule has 1 amide bonds. The fourth-order valence-electron chi connectivity index (χ4n) is 4.57. The SMILES string of the molecule is COc1ccc(N2CCCN(CC(=O)N3CCc4cc(OC)c(OC)cc4C3)CC2)cc1. The van der Waals surface area contributed by atoms with Gasteiger partial charge in [-0.2, -0.15) is 0 Å². The van der Waals surface area contributed by atoms with Crippen LogP contribution in [0.5, 0.6) is 17.2 Å². The van der Waals surface area contributed by atoms with E-state index in [9.17, 15) is 4.79 Å². The Hall–Kier alpha value is -2.93. The van der Waals surface area contributed by atoms with Gasteiger partial charge in [-0.15, -0.1) is 0 Å². The van der Waals surface area contributed by atoms with Crippen LogP contribution in [0.15, 0.2) is 36.4 Å². The Morgan fingerprint density at radius 1 is 0.844 bits per heavy atom. The maximum atomic E-state index is 13.1. The Morgan fingerprint density at radius 3 is 2.25 bits per heavy atom. The third-order valence-corrected chi connectivity index (χ3v) is 6.46. The first-order valence-corrected chi connectivity index (χ1v) is 11.2. The lowest BCUT2D eigenvalue weighted by molar-refractivity contribution is -0.133. The van der Waals surface area contributed by atoms with E-state index in [1.54, 1.807) is 21.3 Å². The molecule has 0 atom stereocenters. The number of carbonyl (C=O) groups is 1. The molecule has 0 aromatic heterocycles. The van der Waals surface area contributed by atoms with Gasteiger partial charge in [-0.1, -0.05) is 0 Å². The van der Waals surface area contributed by atoms with Crippen LogP contribution < -0.4 is 19.1 Å². The van der Waals surface area contributed by atoms with Gasteiger partial charge in [0.1, 0.15) is 5.75 Å². The Morgan fingerprint density at radius 2 is 1.56 bits per heavy atom. The lowest BCUT2D eigenvalue weighted by Gasteiger charge is -2.31. The number of fused-ring (bicyclic) bond motifs is 1. The molecule has 0 unspecified atom stereocenters. The molecule has 0 radical (unpaired) electrons. The van der Waals surface area contributed by atoms with Crippen molar-refractivity contribution in [3.63, 3.8) is 0 Å². The van der Waals surface area contributed by atoms with Crippen molar-refractivity contribution in [3.8, 4) is 17.2 Å². The van der Waals surface area contributed by atoms with Crippen LogP contribution in [0.2, 0.25) is 0 Å². The van der Waals surface area contributed by atoms with Crippen molar-refractivity contribution in [1.82, 2.24) is 9.80 Å². The summed E-state index contributed by atoms with van der Waals surface area (Å²) >= 11 is 0. The summed E-state index contributed by atoms with van der Waals surface area (Å²) in [5.74, 6) is 2.53. The van der Waals surface area contributed by atoms with Gasteiger partial charge in [-0.3, -0.25) is 9.69 Å². The van der Waals surface area contributed by atoms with Gasteiger partial charge >= 0.3 is 0 Å². The molecule has 0 spiro atoms. The summed E-state index contributed by atoms with van der Waals surface area (Å²) in [6, 6.07) is 12.3. The van der Waals surface area contributed by atoms with Crippen LogP contribution in [-0.2, 0) is 17.8 Å². The van der Waals surface area contributed by atoms with E-state index in [-0.39, 0.29) is 5.91 Å². The number of methoxy groups -OCH3 is 3. The number of anilines is 1. The third kappa shape index (κ3) is 4.93. The highest BCUT2D eigenvalue weighted by atomic mass is 16.5. The molecule has 2 aliphatic rings. The third-order valence-electron chi connectivity index (χ3n) is 6.46. The molecule has 2 heterocycles. The first-order chi connectivity index (χ1) is 15.6. The zero-order valence-electron chi connectivity index (χ0n) is 19.3. The van der Waals surface area contributed by atoms with Crippen molar-refractivity contribution in [1.29, 1.82) is 0 Å². The normalized spacial score (nSPS) is 16.8. The van der Waals surface area contributed by atoms with E-state index in [1.165, 1.54) is 11.3 Å². The molecule has 1 fully saturated rings. The number of hydrogen-bond acceptors (Lipinski definition) is 6. The fraction of sp³-hybridized carbons (Fsp3) is 0.480. The van der Waals surface area contributed by atoms with Crippen molar-refractivity contribution in [2.45, 2.75) is 19.4 Å². The summed E-state index contributed by atoms with van der Waals surface area (Å²) in [5.41, 5.74) is 3.58. The van der Waals surface area contributed by atoms with Crippen molar-refractivity contribution in [2.75, 3.05) is 65.5 Å². The Bertz CT molecular complexity index is 932. The molecule has 2 aromatic carbocycles. The number of ether oxygens (including phenoxy) is 3. The monoisotopic (exact) mass is 439 g/mol. The van der Waals surface area contributed by atoms with Gasteiger partial charge in [0, 0.05) is 45.0 Å². The molecule has 0 saturated carbocycles. The summed E-state index contributed by atoms with van der Waals surface area (Å²) in [5, 5.41) is 0. The van der Waals surface area contributed by atoms with E-state index < -0.39 is 0 Å². The van der Waals surface area contributed by atoms with E-state index in [0.717, 1.165) is 62.6 Å². The molecule has 1 saturated heterocycles. The smallest absolute Gasteiger partial charge is 0.237 e. The number of benzene rings is 2. The van der Waals surface area contributed by atoms with Gasteiger partial charge in [0.2, 0.25) is 5.91 Å². The summed E-state index contributed by atoms with van der Waals surface area (Å²) in [6.45, 7) is 5.57. The lowest BCUT2D eigenvalue weighted by Crippen LogP contribution is -2.43. The van der Waals surface area contributed by atoms with Crippen LogP contribution in [0.25, 0.3) is 0 Å². The van der Waals surface area contributed by atoms with Crippen molar-refractivity contribution >= 4 is 11.6 Å². The first-order valence-electron chi connectivity index (χ1n) is 11.2. The highest BCUT2D eigenvalue weighted by Crippen LogP contribution is 2.33. The van der Waals surface area contributed by atoms with Gasteiger partial charge in [0.25, 0.3) is 0 Å². The summed E-state index contributed by atoms with van der Waals surface area (Å²) in [7, 11) is 4.98. The minimum atomic E-state index is 0.198. The zero-order chi connectivity index (χ0) is 22.5. The van der Waals surface area contributed by atoms with Crippen LogP contribution >= 0.6 is 0 Å². The number of carbonyl (C=O) groups excluding carboxylic acids is 1. The molecular formula is C25H33N3O4. The molecule has 4 rings (SSSR count). The Kier molecular flexibility index (Phi) is 7.05. The predicted octanol–water partition coefficient (Wildman–Crippen LogP) is 2.81. The highest BCUT2D eigenvalue weighted by Gasteiger charge is 2.25. The lowest BCUT2D eigenvalue weighted by atomic mass is 9.98. The van der Waals surface area contributed by atoms with E-state index in [2.05, 4.69) is 21.9 Å². The zero-order valence-corrected chi connectivity index (χ0v) is 19.3.